The third-order valence-corrected chi connectivity index (χ3v) is 7.76. The number of fused-ring (bicyclic) bond motifs is 1. The molecule has 0 radical (unpaired) electrons. The van der Waals surface area contributed by atoms with Gasteiger partial charge in [-0.05, 0) is 116 Å². The zero-order valence-corrected chi connectivity index (χ0v) is 21.9. The van der Waals surface area contributed by atoms with Gasteiger partial charge in [0.25, 0.3) is 0 Å². The molecule has 2 heteroatoms. The lowest BCUT2D eigenvalue weighted by molar-refractivity contribution is 0.375. The summed E-state index contributed by atoms with van der Waals surface area (Å²) in [6.45, 7) is 4.17. The fourth-order valence-corrected chi connectivity index (χ4v) is 5.52. The number of hydrogen-bond acceptors (Lipinski definition) is 0. The van der Waals surface area contributed by atoms with Crippen molar-refractivity contribution in [2.24, 2.45) is 5.92 Å². The van der Waals surface area contributed by atoms with Gasteiger partial charge in [0, 0.05) is 5.39 Å². The fraction of sp³-hybridized carbons (Fsp3) is 0.412. The molecule has 0 aromatic heterocycles. The number of aryl methyl sites for hydroxylation is 3. The highest BCUT2D eigenvalue weighted by molar-refractivity contribution is 5.84. The van der Waals surface area contributed by atoms with Crippen LogP contribution in [0.5, 0.6) is 0 Å². The van der Waals surface area contributed by atoms with Crippen molar-refractivity contribution < 1.29 is 8.78 Å². The van der Waals surface area contributed by atoms with E-state index in [4.69, 9.17) is 0 Å². The van der Waals surface area contributed by atoms with Crippen LogP contribution in [0.3, 0.4) is 0 Å². The molecule has 1 aliphatic rings. The van der Waals surface area contributed by atoms with Crippen LogP contribution in [0.4, 0.5) is 8.78 Å². The lowest BCUT2D eigenvalue weighted by Gasteiger charge is -2.27. The van der Waals surface area contributed by atoms with Gasteiger partial charge < -0.3 is 0 Å². The molecule has 3 aromatic rings. The molecule has 3 aromatic carbocycles. The van der Waals surface area contributed by atoms with Crippen LogP contribution in [0.25, 0.3) is 10.8 Å². The van der Waals surface area contributed by atoms with Gasteiger partial charge in [-0.25, -0.2) is 8.78 Å². The lowest BCUT2D eigenvalue weighted by atomic mass is 9.78. The maximum absolute atomic E-state index is 14.8. The van der Waals surface area contributed by atoms with Crippen LogP contribution >= 0.6 is 0 Å². The SMILES string of the molecule is C/C=C/CCc1cc2ccc(CCc3ccc(C4CCC(/C=C/CCC)CC4)cc3)cc2c(F)c1F. The quantitative estimate of drug-likeness (QED) is 0.250. The number of halogens is 2. The Balaban J connectivity index is 1.35. The van der Waals surface area contributed by atoms with Crippen LogP contribution in [0.15, 0.2) is 72.8 Å². The highest BCUT2D eigenvalue weighted by Gasteiger charge is 2.20. The van der Waals surface area contributed by atoms with Gasteiger partial charge in [0.15, 0.2) is 11.6 Å². The maximum Gasteiger partial charge on any atom is 0.166 e. The molecule has 0 aliphatic heterocycles. The molecule has 36 heavy (non-hydrogen) atoms. The minimum absolute atomic E-state index is 0.385. The van der Waals surface area contributed by atoms with E-state index in [1.165, 1.54) is 49.7 Å². The molecule has 0 nitrogen and oxygen atoms in total. The smallest absolute Gasteiger partial charge is 0.166 e. The summed E-state index contributed by atoms with van der Waals surface area (Å²) in [6.07, 6.45) is 19.2. The van der Waals surface area contributed by atoms with E-state index in [1.807, 2.05) is 31.2 Å². The lowest BCUT2D eigenvalue weighted by Crippen LogP contribution is -2.11. The Morgan fingerprint density at radius 3 is 2.22 bits per heavy atom. The summed E-state index contributed by atoms with van der Waals surface area (Å²) in [7, 11) is 0. The van der Waals surface area contributed by atoms with Gasteiger partial charge in [0.05, 0.1) is 0 Å². The molecule has 190 valence electrons. The van der Waals surface area contributed by atoms with Gasteiger partial charge in [0.1, 0.15) is 0 Å². The van der Waals surface area contributed by atoms with Crippen molar-refractivity contribution in [2.75, 3.05) is 0 Å². The average molecular weight is 487 g/mol. The van der Waals surface area contributed by atoms with E-state index in [9.17, 15) is 8.78 Å². The van der Waals surface area contributed by atoms with E-state index < -0.39 is 11.6 Å². The highest BCUT2D eigenvalue weighted by atomic mass is 19.2. The van der Waals surface area contributed by atoms with Gasteiger partial charge >= 0.3 is 0 Å². The molecule has 0 unspecified atom stereocenters. The molecule has 0 bridgehead atoms. The molecule has 1 saturated carbocycles. The Morgan fingerprint density at radius 1 is 0.778 bits per heavy atom. The standard InChI is InChI=1S/C34H40F2/c1-3-5-7-9-25-13-18-28(19-14-25)29-20-15-26(16-21-29)11-12-27-17-22-30-24-31(10-8-6-4-2)33(35)34(36)32(30)23-27/h4,6-7,9,15-17,20-25,28H,3,5,8,10-14,18-19H2,1-2H3/b6-4+,9-7+. The van der Waals surface area contributed by atoms with Crippen molar-refractivity contribution in [3.8, 4) is 0 Å². The van der Waals surface area contributed by atoms with Crippen LogP contribution in [0, 0.1) is 17.6 Å². The number of allylic oxidation sites excluding steroid dienone is 4. The van der Waals surface area contributed by atoms with Crippen molar-refractivity contribution in [1.29, 1.82) is 0 Å². The topological polar surface area (TPSA) is 0 Å². The number of rotatable bonds is 10. The van der Waals surface area contributed by atoms with E-state index in [0.29, 0.717) is 29.7 Å². The molecule has 0 N–H and O–H groups in total. The van der Waals surface area contributed by atoms with Crippen LogP contribution in [-0.4, -0.2) is 0 Å². The first kappa shape index (κ1) is 26.3. The van der Waals surface area contributed by atoms with Crippen molar-refractivity contribution in [1.82, 2.24) is 0 Å². The number of hydrogen-bond donors (Lipinski definition) is 0. The monoisotopic (exact) mass is 486 g/mol. The summed E-state index contributed by atoms with van der Waals surface area (Å²) in [5, 5.41) is 1.16. The number of unbranched alkanes of at least 4 members (excludes halogenated alkanes) is 1. The Hall–Kier alpha value is -2.74. The van der Waals surface area contributed by atoms with Crippen LogP contribution in [-0.2, 0) is 19.3 Å². The summed E-state index contributed by atoms with van der Waals surface area (Å²) >= 11 is 0. The summed E-state index contributed by atoms with van der Waals surface area (Å²) in [5.41, 5.74) is 4.25. The molecule has 1 aliphatic carbocycles. The Morgan fingerprint density at radius 2 is 1.50 bits per heavy atom. The number of benzene rings is 3. The van der Waals surface area contributed by atoms with E-state index in [1.54, 1.807) is 6.07 Å². The predicted molar refractivity (Wildman–Crippen MR) is 150 cm³/mol. The fourth-order valence-electron chi connectivity index (χ4n) is 5.52. The first-order valence-corrected chi connectivity index (χ1v) is 13.8. The molecule has 0 amide bonds. The minimum atomic E-state index is -0.718. The minimum Gasteiger partial charge on any atom is -0.203 e. The molecule has 0 atom stereocenters. The summed E-state index contributed by atoms with van der Waals surface area (Å²) < 4.78 is 29.5. The molecule has 4 rings (SSSR count). The van der Waals surface area contributed by atoms with Crippen molar-refractivity contribution in [2.45, 2.75) is 84.0 Å². The Kier molecular flexibility index (Phi) is 9.50. The molecule has 0 heterocycles. The predicted octanol–water partition coefficient (Wildman–Crippen LogP) is 10.0. The summed E-state index contributed by atoms with van der Waals surface area (Å²) in [6, 6.07) is 16.7. The highest BCUT2D eigenvalue weighted by Crippen LogP contribution is 2.36. The second-order valence-electron chi connectivity index (χ2n) is 10.4. The average Bonchev–Trinajstić information content (AvgIpc) is 2.91. The molecule has 0 saturated heterocycles. The van der Waals surface area contributed by atoms with E-state index in [-0.39, 0.29) is 0 Å². The zero-order chi connectivity index (χ0) is 25.3. The third kappa shape index (κ3) is 6.72. The second-order valence-corrected chi connectivity index (χ2v) is 10.4. The van der Waals surface area contributed by atoms with Crippen LogP contribution < -0.4 is 0 Å². The van der Waals surface area contributed by atoms with E-state index in [2.05, 4.69) is 49.4 Å². The van der Waals surface area contributed by atoms with Crippen molar-refractivity contribution >= 4 is 10.8 Å². The van der Waals surface area contributed by atoms with Crippen LogP contribution in [0.1, 0.15) is 87.0 Å². The summed E-state index contributed by atoms with van der Waals surface area (Å²) in [4.78, 5) is 0. The molecule has 1 fully saturated rings. The normalized spacial score (nSPS) is 18.6. The summed E-state index contributed by atoms with van der Waals surface area (Å²) in [5.74, 6) is 0.0174. The second kappa shape index (κ2) is 13.0. The van der Waals surface area contributed by atoms with E-state index >= 15 is 0 Å². The van der Waals surface area contributed by atoms with Crippen molar-refractivity contribution in [3.63, 3.8) is 0 Å². The van der Waals surface area contributed by atoms with Crippen molar-refractivity contribution in [3.05, 3.63) is 107 Å². The van der Waals surface area contributed by atoms with Gasteiger partial charge in [-0.15, -0.1) is 0 Å². The van der Waals surface area contributed by atoms with Gasteiger partial charge in [-0.2, -0.15) is 0 Å². The first-order valence-electron chi connectivity index (χ1n) is 13.8. The van der Waals surface area contributed by atoms with Crippen LogP contribution in [0.2, 0.25) is 0 Å². The third-order valence-electron chi connectivity index (χ3n) is 7.76. The molecular weight excluding hydrogens is 446 g/mol. The van der Waals surface area contributed by atoms with E-state index in [0.717, 1.165) is 29.7 Å². The van der Waals surface area contributed by atoms with Gasteiger partial charge in [0.2, 0.25) is 0 Å². The zero-order valence-electron chi connectivity index (χ0n) is 21.9. The van der Waals surface area contributed by atoms with Gasteiger partial charge in [-0.3, -0.25) is 0 Å². The maximum atomic E-state index is 14.8. The molecular formula is C34H40F2. The Bertz CT molecular complexity index is 1180. The Labute approximate surface area is 216 Å². The molecule has 0 spiro atoms. The largest absolute Gasteiger partial charge is 0.203 e. The van der Waals surface area contributed by atoms with Gasteiger partial charge in [-0.1, -0.05) is 74.0 Å². The first-order chi connectivity index (χ1) is 17.6.